The number of carbonyl (C=O) groups is 2. The Bertz CT molecular complexity index is 743. The molecule has 0 atom stereocenters. The van der Waals surface area contributed by atoms with Crippen molar-refractivity contribution in [1.29, 1.82) is 0 Å². The summed E-state index contributed by atoms with van der Waals surface area (Å²) in [7, 11) is 1.91. The molecule has 0 saturated heterocycles. The SMILES string of the molecule is CNCc1cccc(CNC(=O)c2ccc(C(=O)C(C)(C)C)cc2)c1. The van der Waals surface area contributed by atoms with Crippen molar-refractivity contribution in [2.24, 2.45) is 5.41 Å². The lowest BCUT2D eigenvalue weighted by Crippen LogP contribution is -2.23. The van der Waals surface area contributed by atoms with E-state index in [0.717, 1.165) is 12.1 Å². The third kappa shape index (κ3) is 5.26. The van der Waals surface area contributed by atoms with E-state index in [2.05, 4.69) is 16.7 Å². The summed E-state index contributed by atoms with van der Waals surface area (Å²) in [4.78, 5) is 24.5. The van der Waals surface area contributed by atoms with Gasteiger partial charge in [0.15, 0.2) is 5.78 Å². The number of nitrogens with one attached hydrogen (secondary N) is 2. The van der Waals surface area contributed by atoms with E-state index >= 15 is 0 Å². The molecule has 2 aromatic rings. The largest absolute Gasteiger partial charge is 0.348 e. The van der Waals surface area contributed by atoms with Crippen LogP contribution in [0.15, 0.2) is 48.5 Å². The fourth-order valence-electron chi connectivity index (χ4n) is 2.54. The van der Waals surface area contributed by atoms with Crippen molar-refractivity contribution < 1.29 is 9.59 Å². The minimum absolute atomic E-state index is 0.0702. The van der Waals surface area contributed by atoms with E-state index in [0.29, 0.717) is 17.7 Å². The molecule has 0 bridgehead atoms. The van der Waals surface area contributed by atoms with Crippen molar-refractivity contribution in [1.82, 2.24) is 10.6 Å². The summed E-state index contributed by atoms with van der Waals surface area (Å²) in [5, 5.41) is 6.03. The molecule has 1 amide bonds. The van der Waals surface area contributed by atoms with E-state index in [9.17, 15) is 9.59 Å². The standard InChI is InChI=1S/C21H26N2O2/c1-21(2,3)19(24)17-8-10-18(11-9-17)20(25)23-14-16-7-5-6-15(12-16)13-22-4/h5-12,22H,13-14H2,1-4H3,(H,23,25). The van der Waals surface area contributed by atoms with Gasteiger partial charge >= 0.3 is 0 Å². The maximum Gasteiger partial charge on any atom is 0.251 e. The van der Waals surface area contributed by atoms with Crippen molar-refractivity contribution >= 4 is 11.7 Å². The van der Waals surface area contributed by atoms with Crippen LogP contribution < -0.4 is 10.6 Å². The first-order chi connectivity index (χ1) is 11.8. The maximum atomic E-state index is 12.3. The van der Waals surface area contributed by atoms with Gasteiger partial charge in [0.25, 0.3) is 5.91 Å². The Balaban J connectivity index is 1.99. The Kier molecular flexibility index (Phi) is 6.10. The Morgan fingerprint density at radius 3 is 2.00 bits per heavy atom. The minimum Gasteiger partial charge on any atom is -0.348 e. The molecule has 0 aliphatic carbocycles. The molecule has 0 radical (unpaired) electrons. The molecule has 2 rings (SSSR count). The first-order valence-corrected chi connectivity index (χ1v) is 8.47. The molecule has 0 aromatic heterocycles. The summed E-state index contributed by atoms with van der Waals surface area (Å²) in [5.41, 5.74) is 2.99. The number of Topliss-reactive ketones (excluding diaryl/α,β-unsaturated/α-hetero) is 1. The highest BCUT2D eigenvalue weighted by Crippen LogP contribution is 2.21. The van der Waals surface area contributed by atoms with Gasteiger partial charge in [0, 0.05) is 29.6 Å². The number of hydrogen-bond acceptors (Lipinski definition) is 3. The molecular weight excluding hydrogens is 312 g/mol. The van der Waals surface area contributed by atoms with Crippen LogP contribution in [0.1, 0.15) is 52.6 Å². The second-order valence-electron chi connectivity index (χ2n) is 7.19. The van der Waals surface area contributed by atoms with Crippen molar-refractivity contribution in [3.05, 3.63) is 70.8 Å². The molecule has 0 aliphatic heterocycles. The van der Waals surface area contributed by atoms with E-state index in [1.54, 1.807) is 24.3 Å². The molecule has 0 heterocycles. The zero-order valence-corrected chi connectivity index (χ0v) is 15.3. The maximum absolute atomic E-state index is 12.3. The van der Waals surface area contributed by atoms with E-state index in [4.69, 9.17) is 0 Å². The molecule has 2 N–H and O–H groups in total. The van der Waals surface area contributed by atoms with E-state index in [-0.39, 0.29) is 11.7 Å². The molecule has 0 spiro atoms. The molecule has 0 unspecified atom stereocenters. The molecule has 0 fully saturated rings. The van der Waals surface area contributed by atoms with Gasteiger partial charge in [0.1, 0.15) is 0 Å². The third-order valence-corrected chi connectivity index (χ3v) is 3.92. The average Bonchev–Trinajstić information content (AvgIpc) is 2.59. The Labute approximate surface area is 149 Å². The fourth-order valence-corrected chi connectivity index (χ4v) is 2.54. The van der Waals surface area contributed by atoms with Gasteiger partial charge in [-0.3, -0.25) is 9.59 Å². The summed E-state index contributed by atoms with van der Waals surface area (Å²) in [6, 6.07) is 14.9. The first-order valence-electron chi connectivity index (χ1n) is 8.47. The summed E-state index contributed by atoms with van der Waals surface area (Å²) in [5.74, 6) is -0.0745. The van der Waals surface area contributed by atoms with Gasteiger partial charge in [-0.1, -0.05) is 57.2 Å². The number of carbonyl (C=O) groups excluding carboxylic acids is 2. The second kappa shape index (κ2) is 8.08. The van der Waals surface area contributed by atoms with Gasteiger partial charge in [0.2, 0.25) is 0 Å². The Morgan fingerprint density at radius 1 is 0.880 bits per heavy atom. The molecule has 2 aromatic carbocycles. The van der Waals surface area contributed by atoms with E-state index in [1.807, 2.05) is 46.0 Å². The van der Waals surface area contributed by atoms with Crippen LogP contribution in [0.5, 0.6) is 0 Å². The highest BCUT2D eigenvalue weighted by molar-refractivity contribution is 6.01. The molecule has 25 heavy (non-hydrogen) atoms. The lowest BCUT2D eigenvalue weighted by atomic mass is 9.86. The van der Waals surface area contributed by atoms with Crippen molar-refractivity contribution in [2.75, 3.05) is 7.05 Å². The molecule has 4 nitrogen and oxygen atoms in total. The summed E-state index contributed by atoms with van der Waals surface area (Å²) in [6.07, 6.45) is 0. The smallest absolute Gasteiger partial charge is 0.251 e. The molecule has 132 valence electrons. The van der Waals surface area contributed by atoms with Gasteiger partial charge in [-0.05, 0) is 30.3 Å². The Hall–Kier alpha value is -2.46. The van der Waals surface area contributed by atoms with Crippen LogP contribution in [0, 0.1) is 5.41 Å². The highest BCUT2D eigenvalue weighted by Gasteiger charge is 2.22. The molecular formula is C21H26N2O2. The van der Waals surface area contributed by atoms with Gasteiger partial charge in [0.05, 0.1) is 0 Å². The van der Waals surface area contributed by atoms with Crippen molar-refractivity contribution in [3.8, 4) is 0 Å². The number of ketones is 1. The first kappa shape index (κ1) is 18.9. The van der Waals surface area contributed by atoms with Gasteiger partial charge in [-0.25, -0.2) is 0 Å². The van der Waals surface area contributed by atoms with Crippen LogP contribution in [0.3, 0.4) is 0 Å². The number of amides is 1. The minimum atomic E-state index is -0.428. The van der Waals surface area contributed by atoms with Crippen LogP contribution in [0.25, 0.3) is 0 Å². The van der Waals surface area contributed by atoms with Crippen molar-refractivity contribution in [3.63, 3.8) is 0 Å². The lowest BCUT2D eigenvalue weighted by Gasteiger charge is -2.16. The number of benzene rings is 2. The predicted octanol–water partition coefficient (Wildman–Crippen LogP) is 3.56. The van der Waals surface area contributed by atoms with E-state index < -0.39 is 5.41 Å². The molecule has 4 heteroatoms. The summed E-state index contributed by atoms with van der Waals surface area (Å²) < 4.78 is 0. The second-order valence-corrected chi connectivity index (χ2v) is 7.19. The summed E-state index contributed by atoms with van der Waals surface area (Å²) in [6.45, 7) is 6.93. The number of rotatable bonds is 6. The van der Waals surface area contributed by atoms with Crippen LogP contribution in [-0.2, 0) is 13.1 Å². The van der Waals surface area contributed by atoms with Crippen LogP contribution in [-0.4, -0.2) is 18.7 Å². The normalized spacial score (nSPS) is 11.2. The van der Waals surface area contributed by atoms with Crippen molar-refractivity contribution in [2.45, 2.75) is 33.9 Å². The average molecular weight is 338 g/mol. The van der Waals surface area contributed by atoms with Crippen LogP contribution in [0.4, 0.5) is 0 Å². The topological polar surface area (TPSA) is 58.2 Å². The third-order valence-electron chi connectivity index (χ3n) is 3.92. The van der Waals surface area contributed by atoms with Crippen LogP contribution >= 0.6 is 0 Å². The fraction of sp³-hybridized carbons (Fsp3) is 0.333. The van der Waals surface area contributed by atoms with Gasteiger partial charge in [-0.15, -0.1) is 0 Å². The monoisotopic (exact) mass is 338 g/mol. The highest BCUT2D eigenvalue weighted by atomic mass is 16.1. The lowest BCUT2D eigenvalue weighted by molar-refractivity contribution is 0.0857. The van der Waals surface area contributed by atoms with Gasteiger partial charge < -0.3 is 10.6 Å². The predicted molar refractivity (Wildman–Crippen MR) is 101 cm³/mol. The quantitative estimate of drug-likeness (QED) is 0.792. The Morgan fingerprint density at radius 2 is 1.44 bits per heavy atom. The van der Waals surface area contributed by atoms with Crippen LogP contribution in [0.2, 0.25) is 0 Å². The summed E-state index contributed by atoms with van der Waals surface area (Å²) >= 11 is 0. The molecule has 0 aliphatic rings. The molecule has 0 saturated carbocycles. The van der Waals surface area contributed by atoms with Gasteiger partial charge in [-0.2, -0.15) is 0 Å². The zero-order chi connectivity index (χ0) is 18.4. The number of hydrogen-bond donors (Lipinski definition) is 2. The zero-order valence-electron chi connectivity index (χ0n) is 15.3. The van der Waals surface area contributed by atoms with E-state index in [1.165, 1.54) is 5.56 Å².